The number of aromatic nitrogens is 2. The van der Waals surface area contributed by atoms with Crippen molar-refractivity contribution in [1.29, 1.82) is 0 Å². The van der Waals surface area contributed by atoms with Crippen molar-refractivity contribution in [2.24, 2.45) is 7.05 Å². The van der Waals surface area contributed by atoms with Crippen LogP contribution in [0, 0.1) is 5.82 Å². The van der Waals surface area contributed by atoms with Gasteiger partial charge in [0.05, 0.1) is 26.4 Å². The fraction of sp³-hybridized carbons (Fsp3) is 0.357. The van der Waals surface area contributed by atoms with E-state index in [1.54, 1.807) is 22.9 Å². The minimum atomic E-state index is -0.913. The van der Waals surface area contributed by atoms with Gasteiger partial charge in [0, 0.05) is 19.0 Å². The molecule has 1 N–H and O–H groups in total. The zero-order valence-corrected chi connectivity index (χ0v) is 14.4. The Morgan fingerprint density at radius 3 is 2.70 bits per heavy atom. The van der Waals surface area contributed by atoms with Crippen LogP contribution in [0.15, 0.2) is 27.1 Å². The van der Waals surface area contributed by atoms with Gasteiger partial charge in [-0.05, 0) is 44.3 Å². The van der Waals surface area contributed by atoms with E-state index in [2.05, 4.69) is 37.0 Å². The van der Waals surface area contributed by atoms with Crippen LogP contribution in [0.3, 0.4) is 0 Å². The third-order valence-electron chi connectivity index (χ3n) is 3.23. The maximum absolute atomic E-state index is 14.0. The highest BCUT2D eigenvalue weighted by Gasteiger charge is 2.20. The summed E-state index contributed by atoms with van der Waals surface area (Å²) < 4.78 is 17.0. The predicted molar refractivity (Wildman–Crippen MR) is 83.0 cm³/mol. The second-order valence-electron chi connectivity index (χ2n) is 4.55. The van der Waals surface area contributed by atoms with E-state index in [9.17, 15) is 9.50 Å². The van der Waals surface area contributed by atoms with E-state index in [0.717, 1.165) is 22.3 Å². The molecule has 0 aliphatic heterocycles. The molecule has 1 unspecified atom stereocenters. The summed E-state index contributed by atoms with van der Waals surface area (Å²) in [6, 6.07) is 4.91. The monoisotopic (exact) mass is 404 g/mol. The van der Waals surface area contributed by atoms with Crippen LogP contribution in [0.2, 0.25) is 0 Å². The van der Waals surface area contributed by atoms with E-state index in [-0.39, 0.29) is 5.56 Å². The van der Waals surface area contributed by atoms with Crippen molar-refractivity contribution in [3.8, 4) is 0 Å². The number of halogens is 3. The predicted octanol–water partition coefficient (Wildman–Crippen LogP) is 3.92. The van der Waals surface area contributed by atoms with Crippen molar-refractivity contribution >= 4 is 31.9 Å². The Hall–Kier alpha value is -0.720. The molecule has 3 nitrogen and oxygen atoms in total. The van der Waals surface area contributed by atoms with Crippen molar-refractivity contribution in [3.63, 3.8) is 0 Å². The summed E-state index contributed by atoms with van der Waals surface area (Å²) >= 11 is 6.63. The molecule has 2 aromatic rings. The van der Waals surface area contributed by atoms with Crippen molar-refractivity contribution in [3.05, 3.63) is 49.9 Å². The Balaban J connectivity index is 2.30. The first-order chi connectivity index (χ1) is 9.45. The average molecular weight is 406 g/mol. The van der Waals surface area contributed by atoms with Crippen LogP contribution in [0.5, 0.6) is 0 Å². The second-order valence-corrected chi connectivity index (χ2v) is 6.19. The Bertz CT molecular complexity index is 628. The molecular weight excluding hydrogens is 391 g/mol. The van der Waals surface area contributed by atoms with Gasteiger partial charge in [-0.1, -0.05) is 19.1 Å². The lowest BCUT2D eigenvalue weighted by Crippen LogP contribution is -2.08. The molecule has 0 amide bonds. The minimum absolute atomic E-state index is 0.283. The van der Waals surface area contributed by atoms with Gasteiger partial charge in [-0.2, -0.15) is 5.10 Å². The summed E-state index contributed by atoms with van der Waals surface area (Å²) in [5, 5.41) is 14.7. The highest BCUT2D eigenvalue weighted by atomic mass is 79.9. The van der Waals surface area contributed by atoms with E-state index in [1.165, 1.54) is 0 Å². The number of aliphatic hydroxyl groups is 1. The number of hydrogen-bond donors (Lipinski definition) is 1. The third kappa shape index (κ3) is 2.97. The van der Waals surface area contributed by atoms with Crippen molar-refractivity contribution < 1.29 is 9.50 Å². The topological polar surface area (TPSA) is 38.0 Å². The molecular formula is C14H15Br2FN2O. The minimum Gasteiger partial charge on any atom is -0.388 e. The van der Waals surface area contributed by atoms with Crippen LogP contribution < -0.4 is 0 Å². The van der Waals surface area contributed by atoms with Gasteiger partial charge < -0.3 is 5.11 Å². The fourth-order valence-electron chi connectivity index (χ4n) is 2.11. The van der Waals surface area contributed by atoms with Gasteiger partial charge in [0.25, 0.3) is 0 Å². The molecule has 1 atom stereocenters. The summed E-state index contributed by atoms with van der Waals surface area (Å²) in [7, 11) is 1.82. The zero-order valence-electron chi connectivity index (χ0n) is 11.2. The van der Waals surface area contributed by atoms with Gasteiger partial charge in [-0.3, -0.25) is 4.68 Å². The Kier molecular flexibility index (Phi) is 4.99. The standard InChI is InChI=1S/C14H15Br2FN2O/c1-3-10-13(16)11(19(2)18-10)7-12(20)8-5-4-6-9(15)14(8)17/h4-6,12,20H,3,7H2,1-2H3. The molecule has 2 rings (SSSR count). The van der Waals surface area contributed by atoms with Gasteiger partial charge in [0.15, 0.2) is 0 Å². The summed E-state index contributed by atoms with van der Waals surface area (Å²) in [5.74, 6) is -0.422. The van der Waals surface area contributed by atoms with Crippen LogP contribution in [-0.2, 0) is 19.9 Å². The first kappa shape index (κ1) is 15.7. The van der Waals surface area contributed by atoms with Gasteiger partial charge in [-0.25, -0.2) is 4.39 Å². The molecule has 1 heterocycles. The molecule has 0 spiro atoms. The molecule has 1 aromatic carbocycles. The lowest BCUT2D eigenvalue weighted by molar-refractivity contribution is 0.170. The number of benzene rings is 1. The molecule has 0 aliphatic carbocycles. The van der Waals surface area contributed by atoms with E-state index in [4.69, 9.17) is 0 Å². The first-order valence-electron chi connectivity index (χ1n) is 6.27. The quantitative estimate of drug-likeness (QED) is 0.836. The van der Waals surface area contributed by atoms with Crippen molar-refractivity contribution in [2.75, 3.05) is 0 Å². The van der Waals surface area contributed by atoms with Crippen LogP contribution in [0.4, 0.5) is 4.39 Å². The molecule has 1 aromatic heterocycles. The lowest BCUT2D eigenvalue weighted by Gasteiger charge is -2.13. The van der Waals surface area contributed by atoms with Crippen LogP contribution in [-0.4, -0.2) is 14.9 Å². The number of aliphatic hydroxyl groups excluding tert-OH is 1. The smallest absolute Gasteiger partial charge is 0.143 e. The Labute approximate surface area is 134 Å². The highest BCUT2D eigenvalue weighted by molar-refractivity contribution is 9.10. The molecule has 0 fully saturated rings. The molecule has 108 valence electrons. The Morgan fingerprint density at radius 1 is 1.40 bits per heavy atom. The van der Waals surface area contributed by atoms with E-state index in [1.807, 2.05) is 14.0 Å². The molecule has 0 bridgehead atoms. The maximum atomic E-state index is 14.0. The van der Waals surface area contributed by atoms with Gasteiger partial charge in [0.2, 0.25) is 0 Å². The van der Waals surface area contributed by atoms with E-state index >= 15 is 0 Å². The summed E-state index contributed by atoms with van der Waals surface area (Å²) in [5.41, 5.74) is 2.07. The van der Waals surface area contributed by atoms with Gasteiger partial charge >= 0.3 is 0 Å². The molecule has 0 saturated heterocycles. The van der Waals surface area contributed by atoms with E-state index in [0.29, 0.717) is 10.9 Å². The maximum Gasteiger partial charge on any atom is 0.143 e. The van der Waals surface area contributed by atoms with Crippen molar-refractivity contribution in [1.82, 2.24) is 9.78 Å². The average Bonchev–Trinajstić information content (AvgIpc) is 2.69. The highest BCUT2D eigenvalue weighted by Crippen LogP contribution is 2.29. The van der Waals surface area contributed by atoms with Gasteiger partial charge in [0.1, 0.15) is 5.82 Å². The largest absolute Gasteiger partial charge is 0.388 e. The third-order valence-corrected chi connectivity index (χ3v) is 4.76. The molecule has 6 heteroatoms. The fourth-order valence-corrected chi connectivity index (χ4v) is 3.27. The van der Waals surface area contributed by atoms with Crippen molar-refractivity contribution in [2.45, 2.75) is 25.9 Å². The van der Waals surface area contributed by atoms with Crippen LogP contribution in [0.1, 0.15) is 30.0 Å². The zero-order chi connectivity index (χ0) is 14.9. The molecule has 0 radical (unpaired) electrons. The van der Waals surface area contributed by atoms with Crippen LogP contribution in [0.25, 0.3) is 0 Å². The number of nitrogens with zero attached hydrogens (tertiary/aromatic N) is 2. The summed E-state index contributed by atoms with van der Waals surface area (Å²) in [4.78, 5) is 0. The van der Waals surface area contributed by atoms with Gasteiger partial charge in [-0.15, -0.1) is 0 Å². The first-order valence-corrected chi connectivity index (χ1v) is 7.86. The normalized spacial score (nSPS) is 12.7. The number of hydrogen-bond acceptors (Lipinski definition) is 2. The van der Waals surface area contributed by atoms with Crippen LogP contribution >= 0.6 is 31.9 Å². The summed E-state index contributed by atoms with van der Waals surface area (Å²) in [6.07, 6.45) is 0.191. The number of rotatable bonds is 4. The molecule has 20 heavy (non-hydrogen) atoms. The molecule has 0 saturated carbocycles. The molecule has 0 aliphatic rings. The second kappa shape index (κ2) is 6.37. The summed E-state index contributed by atoms with van der Waals surface area (Å²) in [6.45, 7) is 2.02. The number of aryl methyl sites for hydroxylation is 2. The Morgan fingerprint density at radius 2 is 2.10 bits per heavy atom. The SMILES string of the molecule is CCc1nn(C)c(CC(O)c2cccc(Br)c2F)c1Br. The van der Waals surface area contributed by atoms with E-state index < -0.39 is 11.9 Å². The lowest BCUT2D eigenvalue weighted by atomic mass is 10.0.